The lowest BCUT2D eigenvalue weighted by Gasteiger charge is -2.07. The average molecular weight is 290 g/mol. The molecule has 1 N–H and O–H groups in total. The highest BCUT2D eigenvalue weighted by Crippen LogP contribution is 2.33. The molecule has 0 spiro atoms. The zero-order chi connectivity index (χ0) is 15.4. The number of hydrogen-bond acceptors (Lipinski definition) is 4. The number of para-hydroxylation sites is 1. The molecule has 0 radical (unpaired) electrons. The molecular formula is C14H11FN2O4. The highest BCUT2D eigenvalue weighted by Gasteiger charge is 2.21. The maximum Gasteiger partial charge on any atom is 0.346 e. The van der Waals surface area contributed by atoms with E-state index in [1.807, 2.05) is 0 Å². The van der Waals surface area contributed by atoms with E-state index in [1.165, 1.54) is 31.2 Å². The van der Waals surface area contributed by atoms with Crippen molar-refractivity contribution in [1.29, 1.82) is 0 Å². The summed E-state index contributed by atoms with van der Waals surface area (Å²) in [5, 5.41) is 13.4. The van der Waals surface area contributed by atoms with Crippen LogP contribution in [0.1, 0.15) is 6.92 Å². The number of carbonyl (C=O) groups is 1. The molecular weight excluding hydrogens is 279 g/mol. The second-order valence-corrected chi connectivity index (χ2v) is 4.15. The van der Waals surface area contributed by atoms with E-state index in [2.05, 4.69) is 5.32 Å². The summed E-state index contributed by atoms with van der Waals surface area (Å²) in [7, 11) is 0. The van der Waals surface area contributed by atoms with Crippen molar-refractivity contribution in [2.45, 2.75) is 6.92 Å². The largest absolute Gasteiger partial charge is 0.450 e. The van der Waals surface area contributed by atoms with E-state index in [4.69, 9.17) is 4.74 Å². The van der Waals surface area contributed by atoms with Crippen molar-refractivity contribution in [2.75, 3.05) is 5.32 Å². The van der Waals surface area contributed by atoms with Crippen molar-refractivity contribution in [3.8, 4) is 11.5 Å². The predicted molar refractivity (Wildman–Crippen MR) is 73.9 cm³/mol. The molecule has 0 aliphatic heterocycles. The molecule has 21 heavy (non-hydrogen) atoms. The molecule has 6 nitrogen and oxygen atoms in total. The minimum atomic E-state index is -0.965. The van der Waals surface area contributed by atoms with Crippen LogP contribution in [0.25, 0.3) is 0 Å². The number of nitrogens with zero attached hydrogens (tertiary/aromatic N) is 1. The van der Waals surface area contributed by atoms with Gasteiger partial charge in [-0.1, -0.05) is 6.07 Å². The van der Waals surface area contributed by atoms with Crippen LogP contribution in [0.4, 0.5) is 15.8 Å². The van der Waals surface area contributed by atoms with Crippen molar-refractivity contribution in [2.24, 2.45) is 0 Å². The first-order chi connectivity index (χ1) is 9.97. The number of carbonyl (C=O) groups excluding carboxylic acids is 1. The van der Waals surface area contributed by atoms with Crippen LogP contribution in [0.15, 0.2) is 42.5 Å². The average Bonchev–Trinajstić information content (AvgIpc) is 2.40. The van der Waals surface area contributed by atoms with Gasteiger partial charge >= 0.3 is 5.69 Å². The molecule has 0 atom stereocenters. The van der Waals surface area contributed by atoms with Crippen LogP contribution >= 0.6 is 0 Å². The van der Waals surface area contributed by atoms with E-state index in [0.717, 1.165) is 6.07 Å². The number of anilines is 1. The number of rotatable bonds is 4. The Hall–Kier alpha value is -2.96. The summed E-state index contributed by atoms with van der Waals surface area (Å²) in [6.45, 7) is 1.38. The summed E-state index contributed by atoms with van der Waals surface area (Å²) in [6, 6.07) is 9.79. The minimum absolute atomic E-state index is 0.188. The van der Waals surface area contributed by atoms with Crippen LogP contribution in [0.5, 0.6) is 11.5 Å². The lowest BCUT2D eigenvalue weighted by atomic mass is 10.2. The molecule has 2 aromatic carbocycles. The molecule has 2 aromatic rings. The van der Waals surface area contributed by atoms with Crippen LogP contribution in [-0.4, -0.2) is 10.8 Å². The molecule has 7 heteroatoms. The molecule has 0 saturated carbocycles. The van der Waals surface area contributed by atoms with Gasteiger partial charge in [-0.3, -0.25) is 14.9 Å². The van der Waals surface area contributed by atoms with Crippen LogP contribution in [0.2, 0.25) is 0 Å². The van der Waals surface area contributed by atoms with E-state index >= 15 is 0 Å². The van der Waals surface area contributed by atoms with E-state index < -0.39 is 16.4 Å². The summed E-state index contributed by atoms with van der Waals surface area (Å²) in [5.74, 6) is -1.08. The lowest BCUT2D eigenvalue weighted by Crippen LogP contribution is -2.05. The highest BCUT2D eigenvalue weighted by atomic mass is 19.1. The molecule has 0 unspecified atom stereocenters. The van der Waals surface area contributed by atoms with Gasteiger partial charge in [-0.25, -0.2) is 0 Å². The fraction of sp³-hybridized carbons (Fsp3) is 0.0714. The van der Waals surface area contributed by atoms with Crippen molar-refractivity contribution in [3.05, 3.63) is 58.4 Å². The fourth-order valence-electron chi connectivity index (χ4n) is 1.69. The van der Waals surface area contributed by atoms with E-state index in [-0.39, 0.29) is 17.4 Å². The van der Waals surface area contributed by atoms with Crippen LogP contribution in [0, 0.1) is 15.9 Å². The zero-order valence-electron chi connectivity index (χ0n) is 11.0. The van der Waals surface area contributed by atoms with Gasteiger partial charge in [-0.05, 0) is 36.4 Å². The molecule has 0 fully saturated rings. The third-order valence-corrected chi connectivity index (χ3v) is 2.53. The Balaban J connectivity index is 2.24. The number of nitrogens with one attached hydrogen (secondary N) is 1. The van der Waals surface area contributed by atoms with Gasteiger partial charge in [-0.15, -0.1) is 0 Å². The Morgan fingerprint density at radius 1 is 1.24 bits per heavy atom. The Labute approximate surface area is 119 Å². The first-order valence-electron chi connectivity index (χ1n) is 5.96. The summed E-state index contributed by atoms with van der Waals surface area (Å²) in [5.41, 5.74) is -0.160. The third-order valence-electron chi connectivity index (χ3n) is 2.53. The minimum Gasteiger partial charge on any atom is -0.450 e. The van der Waals surface area contributed by atoms with E-state index in [1.54, 1.807) is 12.1 Å². The van der Waals surface area contributed by atoms with Gasteiger partial charge in [0.05, 0.1) is 4.92 Å². The topological polar surface area (TPSA) is 81.5 Å². The standard InChI is InChI=1S/C14H11FN2O4/c1-9(18)16-10-5-7-11(8-6-10)21-13-4-2-3-12(15)14(13)17(19)20/h2-8H,1H3,(H,16,18). The highest BCUT2D eigenvalue weighted by molar-refractivity contribution is 5.88. The predicted octanol–water partition coefficient (Wildman–Crippen LogP) is 3.48. The second kappa shape index (κ2) is 6.00. The fourth-order valence-corrected chi connectivity index (χ4v) is 1.69. The first kappa shape index (κ1) is 14.4. The molecule has 2 rings (SSSR count). The molecule has 0 bridgehead atoms. The Bertz CT molecular complexity index is 686. The van der Waals surface area contributed by atoms with Crippen molar-refractivity contribution >= 4 is 17.3 Å². The molecule has 0 aliphatic rings. The van der Waals surface area contributed by atoms with Crippen molar-refractivity contribution < 1.29 is 18.8 Å². The number of benzene rings is 2. The van der Waals surface area contributed by atoms with Gasteiger partial charge < -0.3 is 10.1 Å². The smallest absolute Gasteiger partial charge is 0.346 e. The molecule has 0 saturated heterocycles. The number of ether oxygens (including phenoxy) is 1. The van der Waals surface area contributed by atoms with E-state index in [9.17, 15) is 19.3 Å². The maximum absolute atomic E-state index is 13.4. The summed E-state index contributed by atoms with van der Waals surface area (Å²) >= 11 is 0. The Morgan fingerprint density at radius 2 is 1.90 bits per heavy atom. The monoisotopic (exact) mass is 290 g/mol. The van der Waals surface area contributed by atoms with Gasteiger partial charge in [0.1, 0.15) is 5.75 Å². The van der Waals surface area contributed by atoms with Crippen LogP contribution in [0.3, 0.4) is 0 Å². The van der Waals surface area contributed by atoms with Gasteiger partial charge in [0.2, 0.25) is 17.5 Å². The van der Waals surface area contributed by atoms with Gasteiger partial charge in [0.25, 0.3) is 0 Å². The van der Waals surface area contributed by atoms with Crippen LogP contribution < -0.4 is 10.1 Å². The Kier molecular flexibility index (Phi) is 4.13. The second-order valence-electron chi connectivity index (χ2n) is 4.15. The first-order valence-corrected chi connectivity index (χ1v) is 5.96. The number of nitro benzene ring substituents is 1. The molecule has 0 aliphatic carbocycles. The van der Waals surface area contributed by atoms with Gasteiger partial charge in [0, 0.05) is 12.6 Å². The van der Waals surface area contributed by atoms with Crippen molar-refractivity contribution in [1.82, 2.24) is 0 Å². The summed E-state index contributed by atoms with van der Waals surface area (Å²) < 4.78 is 18.8. The maximum atomic E-state index is 13.4. The normalized spacial score (nSPS) is 10.0. The van der Waals surface area contributed by atoms with Crippen molar-refractivity contribution in [3.63, 3.8) is 0 Å². The number of amides is 1. The molecule has 0 aromatic heterocycles. The number of nitro groups is 1. The zero-order valence-corrected chi connectivity index (χ0v) is 11.0. The van der Waals surface area contributed by atoms with E-state index in [0.29, 0.717) is 5.69 Å². The Morgan fingerprint density at radius 3 is 2.48 bits per heavy atom. The third kappa shape index (κ3) is 3.53. The summed E-state index contributed by atoms with van der Waals surface area (Å²) in [4.78, 5) is 20.9. The molecule has 108 valence electrons. The summed E-state index contributed by atoms with van der Waals surface area (Å²) in [6.07, 6.45) is 0. The van der Waals surface area contributed by atoms with Gasteiger partial charge in [-0.2, -0.15) is 4.39 Å². The molecule has 1 amide bonds. The number of hydrogen-bond donors (Lipinski definition) is 1. The SMILES string of the molecule is CC(=O)Nc1ccc(Oc2cccc(F)c2[N+](=O)[O-])cc1. The quantitative estimate of drug-likeness (QED) is 0.690. The van der Waals surface area contributed by atoms with Crippen LogP contribution in [-0.2, 0) is 4.79 Å². The lowest BCUT2D eigenvalue weighted by molar-refractivity contribution is -0.388. The molecule has 0 heterocycles. The number of halogens is 1. The van der Waals surface area contributed by atoms with Gasteiger partial charge in [0.15, 0.2) is 0 Å².